The van der Waals surface area contributed by atoms with Gasteiger partial charge in [-0.15, -0.1) is 13.0 Å². The summed E-state index contributed by atoms with van der Waals surface area (Å²) in [7, 11) is 0. The Hall–Kier alpha value is -4.31. The van der Waals surface area contributed by atoms with Crippen LogP contribution in [0.25, 0.3) is 6.08 Å². The van der Waals surface area contributed by atoms with Crippen LogP contribution in [0.3, 0.4) is 0 Å². The van der Waals surface area contributed by atoms with Crippen LogP contribution in [0.15, 0.2) is 54.6 Å². The predicted octanol–water partition coefficient (Wildman–Crippen LogP) is 3.80. The first-order chi connectivity index (χ1) is 15.9. The fourth-order valence-electron chi connectivity index (χ4n) is 3.47. The van der Waals surface area contributed by atoms with E-state index in [-0.39, 0.29) is 12.2 Å². The first-order valence-electron chi connectivity index (χ1n) is 10.3. The molecule has 0 radical (unpaired) electrons. The molecule has 0 saturated carbocycles. The van der Waals surface area contributed by atoms with Gasteiger partial charge < -0.3 is 9.47 Å². The zero-order chi connectivity index (χ0) is 24.0. The number of aryl methyl sites for hydroxylation is 1. The van der Waals surface area contributed by atoms with Crippen LogP contribution >= 0.6 is 0 Å². The smallest absolute Gasteiger partial charge is 0.335 e. The number of para-hydroxylation sites is 1. The summed E-state index contributed by atoms with van der Waals surface area (Å²) in [5.41, 5.74) is 2.20. The summed E-state index contributed by atoms with van der Waals surface area (Å²) in [5.74, 6) is 1.84. The molecule has 1 saturated heterocycles. The summed E-state index contributed by atoms with van der Waals surface area (Å²) < 4.78 is 11.4. The van der Waals surface area contributed by atoms with Crippen molar-refractivity contribution in [2.45, 2.75) is 20.3 Å². The molecule has 7 nitrogen and oxygen atoms in total. The molecule has 2 aromatic carbocycles. The first kappa shape index (κ1) is 23.4. The van der Waals surface area contributed by atoms with E-state index in [0.717, 1.165) is 16.0 Å². The third kappa shape index (κ3) is 4.96. The molecule has 0 spiro atoms. The largest absolute Gasteiger partial charge is 0.490 e. The van der Waals surface area contributed by atoms with Gasteiger partial charge in [0.15, 0.2) is 11.5 Å². The summed E-state index contributed by atoms with van der Waals surface area (Å²) in [6.45, 7) is 7.80. The van der Waals surface area contributed by atoms with Gasteiger partial charge >= 0.3 is 6.03 Å². The first-order valence-corrected chi connectivity index (χ1v) is 10.3. The molecule has 0 aromatic heterocycles. The summed E-state index contributed by atoms with van der Waals surface area (Å²) >= 11 is 0. The van der Waals surface area contributed by atoms with E-state index in [0.29, 0.717) is 35.8 Å². The normalized spacial score (nSPS) is 14.6. The maximum Gasteiger partial charge on any atom is 0.335 e. The maximum absolute atomic E-state index is 13.2. The lowest BCUT2D eigenvalue weighted by Gasteiger charge is -2.27. The number of hydrogen-bond acceptors (Lipinski definition) is 5. The Kier molecular flexibility index (Phi) is 7.31. The van der Waals surface area contributed by atoms with Gasteiger partial charge in [0.2, 0.25) is 0 Å². The molecule has 7 heteroatoms. The number of barbiturate groups is 1. The van der Waals surface area contributed by atoms with Crippen LogP contribution in [-0.4, -0.2) is 31.1 Å². The molecule has 0 atom stereocenters. The van der Waals surface area contributed by atoms with Crippen LogP contribution in [0, 0.1) is 19.3 Å². The summed E-state index contributed by atoms with van der Waals surface area (Å²) in [6.07, 6.45) is 8.90. The lowest BCUT2D eigenvalue weighted by Crippen LogP contribution is -2.54. The minimum absolute atomic E-state index is 0.0546. The van der Waals surface area contributed by atoms with Crippen molar-refractivity contribution in [1.82, 2.24) is 5.32 Å². The van der Waals surface area contributed by atoms with Crippen molar-refractivity contribution in [3.63, 3.8) is 0 Å². The van der Waals surface area contributed by atoms with Gasteiger partial charge in [-0.2, -0.15) is 0 Å². The van der Waals surface area contributed by atoms with Gasteiger partial charge in [0.25, 0.3) is 11.8 Å². The third-order valence-corrected chi connectivity index (χ3v) is 4.89. The molecule has 2 aromatic rings. The van der Waals surface area contributed by atoms with Crippen molar-refractivity contribution in [2.75, 3.05) is 18.1 Å². The number of imide groups is 2. The molecule has 168 valence electrons. The van der Waals surface area contributed by atoms with Crippen molar-refractivity contribution in [1.29, 1.82) is 0 Å². The molecule has 3 rings (SSSR count). The van der Waals surface area contributed by atoms with Gasteiger partial charge in [-0.3, -0.25) is 14.9 Å². The van der Waals surface area contributed by atoms with Gasteiger partial charge in [0, 0.05) is 5.56 Å². The van der Waals surface area contributed by atoms with Gasteiger partial charge in [-0.1, -0.05) is 30.2 Å². The van der Waals surface area contributed by atoms with Gasteiger partial charge in [0.05, 0.1) is 12.3 Å². The van der Waals surface area contributed by atoms with Gasteiger partial charge in [0.1, 0.15) is 12.2 Å². The fourth-order valence-corrected chi connectivity index (χ4v) is 3.47. The Morgan fingerprint density at radius 2 is 1.94 bits per heavy atom. The van der Waals surface area contributed by atoms with Gasteiger partial charge in [-0.05, 0) is 55.7 Å². The molecule has 1 fully saturated rings. The zero-order valence-electron chi connectivity index (χ0n) is 18.5. The Balaban J connectivity index is 2.09. The van der Waals surface area contributed by atoms with E-state index in [1.807, 2.05) is 6.92 Å². The van der Waals surface area contributed by atoms with E-state index in [4.69, 9.17) is 15.9 Å². The highest BCUT2D eigenvalue weighted by molar-refractivity contribution is 6.39. The molecule has 33 heavy (non-hydrogen) atoms. The average molecular weight is 444 g/mol. The van der Waals surface area contributed by atoms with Crippen LogP contribution in [-0.2, 0) is 16.0 Å². The van der Waals surface area contributed by atoms with Crippen molar-refractivity contribution in [2.24, 2.45) is 0 Å². The molecular weight excluding hydrogens is 420 g/mol. The van der Waals surface area contributed by atoms with E-state index >= 15 is 0 Å². The number of anilines is 1. The molecule has 1 N–H and O–H groups in total. The summed E-state index contributed by atoms with van der Waals surface area (Å²) in [5, 5.41) is 2.24. The number of benzene rings is 2. The lowest BCUT2D eigenvalue weighted by molar-refractivity contribution is -0.122. The standard InChI is InChI=1S/C26H24N2O5/c1-5-10-19-14-18(16-22(32-7-3)23(19)33-13-6-2)15-20-24(29)27-26(31)28(25(20)30)21-12-9-8-11-17(21)4/h2,5,8-9,11-12,14-16H,1,7,10,13H2,3-4H3,(H,27,29,31)/b20-15+. The van der Waals surface area contributed by atoms with E-state index in [2.05, 4.69) is 17.8 Å². The Bertz CT molecular complexity index is 1190. The van der Waals surface area contributed by atoms with Crippen molar-refractivity contribution in [3.8, 4) is 23.8 Å². The minimum Gasteiger partial charge on any atom is -0.490 e. The fraction of sp³-hybridized carbons (Fsp3) is 0.192. The van der Waals surface area contributed by atoms with E-state index in [1.54, 1.807) is 49.4 Å². The highest BCUT2D eigenvalue weighted by Crippen LogP contribution is 2.35. The van der Waals surface area contributed by atoms with Gasteiger partial charge in [-0.25, -0.2) is 9.69 Å². The number of rotatable bonds is 8. The highest BCUT2D eigenvalue weighted by atomic mass is 16.5. The molecule has 1 heterocycles. The molecule has 1 aliphatic heterocycles. The lowest BCUT2D eigenvalue weighted by atomic mass is 10.0. The Morgan fingerprint density at radius 3 is 2.61 bits per heavy atom. The van der Waals surface area contributed by atoms with Crippen molar-refractivity contribution < 1.29 is 23.9 Å². The number of urea groups is 1. The minimum atomic E-state index is -0.795. The van der Waals surface area contributed by atoms with Crippen LogP contribution in [0.5, 0.6) is 11.5 Å². The number of allylic oxidation sites excluding steroid dienone is 1. The number of carbonyl (C=O) groups is 3. The molecule has 0 bridgehead atoms. The number of amides is 4. The van der Waals surface area contributed by atoms with Crippen LogP contribution < -0.4 is 19.7 Å². The third-order valence-electron chi connectivity index (χ3n) is 4.89. The second-order valence-electron chi connectivity index (χ2n) is 7.17. The quantitative estimate of drug-likeness (QED) is 0.290. The number of nitrogens with zero attached hydrogens (tertiary/aromatic N) is 1. The van der Waals surface area contributed by atoms with E-state index < -0.39 is 17.8 Å². The van der Waals surface area contributed by atoms with Crippen LogP contribution in [0.4, 0.5) is 10.5 Å². The molecule has 0 unspecified atom stereocenters. The SMILES string of the molecule is C#CCOc1c(CC=C)cc(/C=C2\C(=O)NC(=O)N(c3ccccc3C)C2=O)cc1OCC. The summed E-state index contributed by atoms with van der Waals surface area (Å²) in [4.78, 5) is 39.2. The second kappa shape index (κ2) is 10.3. The number of hydrogen-bond donors (Lipinski definition) is 1. The van der Waals surface area contributed by atoms with Crippen LogP contribution in [0.2, 0.25) is 0 Å². The second-order valence-corrected chi connectivity index (χ2v) is 7.17. The number of terminal acetylenes is 1. The Labute approximate surface area is 192 Å². The molecule has 0 aliphatic carbocycles. The Morgan fingerprint density at radius 1 is 1.18 bits per heavy atom. The summed E-state index contributed by atoms with van der Waals surface area (Å²) in [6, 6.07) is 9.56. The maximum atomic E-state index is 13.2. The molecule has 1 aliphatic rings. The van der Waals surface area contributed by atoms with E-state index in [1.165, 1.54) is 6.08 Å². The molecular formula is C26H24N2O5. The number of ether oxygens (including phenoxy) is 2. The number of carbonyl (C=O) groups excluding carboxylic acids is 3. The average Bonchev–Trinajstić information content (AvgIpc) is 2.78. The predicted molar refractivity (Wildman–Crippen MR) is 126 cm³/mol. The molecule has 4 amide bonds. The van der Waals surface area contributed by atoms with E-state index in [9.17, 15) is 14.4 Å². The monoisotopic (exact) mass is 444 g/mol. The highest BCUT2D eigenvalue weighted by Gasteiger charge is 2.37. The number of nitrogens with one attached hydrogen (secondary N) is 1. The van der Waals surface area contributed by atoms with Crippen molar-refractivity contribution >= 4 is 29.6 Å². The topological polar surface area (TPSA) is 84.9 Å². The zero-order valence-corrected chi connectivity index (χ0v) is 18.5. The van der Waals surface area contributed by atoms with Crippen LogP contribution in [0.1, 0.15) is 23.6 Å². The van der Waals surface area contributed by atoms with Crippen molar-refractivity contribution in [3.05, 3.63) is 71.3 Å².